The maximum absolute atomic E-state index is 13.7. The zero-order valence-corrected chi connectivity index (χ0v) is 15.0. The van der Waals surface area contributed by atoms with Crippen LogP contribution in [-0.4, -0.2) is 16.3 Å². The minimum Gasteiger partial charge on any atom is -0.351 e. The predicted octanol–water partition coefficient (Wildman–Crippen LogP) is 3.80. The Morgan fingerprint density at radius 3 is 2.57 bits per heavy atom. The van der Waals surface area contributed by atoms with Crippen LogP contribution in [0.15, 0.2) is 60.7 Å². The Balaban J connectivity index is 1.48. The Morgan fingerprint density at radius 1 is 1.04 bits per heavy atom. The Kier molecular flexibility index (Phi) is 4.77. The highest BCUT2D eigenvalue weighted by atomic mass is 19.1. The summed E-state index contributed by atoms with van der Waals surface area (Å²) in [6.45, 7) is 0.553. The minimum atomic E-state index is -0.689. The normalized spacial score (nSPS) is 15.3. The van der Waals surface area contributed by atoms with E-state index in [9.17, 15) is 18.4 Å². The molecule has 0 aliphatic carbocycles. The molecule has 6 heteroatoms. The van der Waals surface area contributed by atoms with Gasteiger partial charge in [0.15, 0.2) is 0 Å². The molecule has 0 radical (unpaired) electrons. The van der Waals surface area contributed by atoms with Crippen molar-refractivity contribution >= 4 is 11.7 Å². The van der Waals surface area contributed by atoms with Crippen LogP contribution in [0.25, 0.3) is 0 Å². The SMILES string of the molecule is O=C(c1ccccc1)c1ccc2n1CC[C@H]2C(=O)NCc1ccc(F)cc1F. The molecule has 1 aliphatic heterocycles. The average molecular weight is 380 g/mol. The van der Waals surface area contributed by atoms with E-state index in [2.05, 4.69) is 5.32 Å². The number of hydrogen-bond acceptors (Lipinski definition) is 2. The number of aromatic nitrogens is 1. The molecule has 0 fully saturated rings. The molecule has 0 bridgehead atoms. The highest BCUT2D eigenvalue weighted by Gasteiger charge is 2.31. The highest BCUT2D eigenvalue weighted by molar-refractivity contribution is 6.08. The van der Waals surface area contributed by atoms with Crippen molar-refractivity contribution in [3.8, 4) is 0 Å². The Bertz CT molecular complexity index is 1040. The summed E-state index contributed by atoms with van der Waals surface area (Å²) in [5, 5.41) is 2.71. The number of rotatable bonds is 5. The van der Waals surface area contributed by atoms with Crippen LogP contribution < -0.4 is 5.32 Å². The van der Waals surface area contributed by atoms with Gasteiger partial charge in [-0.25, -0.2) is 8.78 Å². The number of carbonyl (C=O) groups excluding carboxylic acids is 2. The van der Waals surface area contributed by atoms with Crippen LogP contribution in [0.2, 0.25) is 0 Å². The third-order valence-corrected chi connectivity index (χ3v) is 5.07. The number of fused-ring (bicyclic) bond motifs is 1. The van der Waals surface area contributed by atoms with Crippen LogP contribution in [0.4, 0.5) is 8.78 Å². The predicted molar refractivity (Wildman–Crippen MR) is 99.9 cm³/mol. The summed E-state index contributed by atoms with van der Waals surface area (Å²) >= 11 is 0. The van der Waals surface area contributed by atoms with Crippen molar-refractivity contribution in [2.45, 2.75) is 25.4 Å². The first-order valence-electron chi connectivity index (χ1n) is 9.05. The zero-order valence-electron chi connectivity index (χ0n) is 15.0. The van der Waals surface area contributed by atoms with Gasteiger partial charge in [-0.2, -0.15) is 0 Å². The van der Waals surface area contributed by atoms with Gasteiger partial charge in [-0.15, -0.1) is 0 Å². The van der Waals surface area contributed by atoms with Gasteiger partial charge in [0, 0.05) is 36.0 Å². The molecule has 28 heavy (non-hydrogen) atoms. The lowest BCUT2D eigenvalue weighted by Gasteiger charge is -2.11. The summed E-state index contributed by atoms with van der Waals surface area (Å²) in [4.78, 5) is 25.3. The van der Waals surface area contributed by atoms with E-state index < -0.39 is 17.6 Å². The van der Waals surface area contributed by atoms with E-state index >= 15 is 0 Å². The number of halogens is 2. The molecule has 1 atom stereocenters. The molecule has 4 nitrogen and oxygen atoms in total. The molecular weight excluding hydrogens is 362 g/mol. The highest BCUT2D eigenvalue weighted by Crippen LogP contribution is 2.31. The first-order valence-corrected chi connectivity index (χ1v) is 9.05. The summed E-state index contributed by atoms with van der Waals surface area (Å²) in [7, 11) is 0. The lowest BCUT2D eigenvalue weighted by Crippen LogP contribution is -2.28. The first kappa shape index (κ1) is 18.1. The summed E-state index contributed by atoms with van der Waals surface area (Å²) in [6.07, 6.45) is 0.572. The monoisotopic (exact) mass is 380 g/mol. The van der Waals surface area contributed by atoms with Gasteiger partial charge in [-0.05, 0) is 24.6 Å². The van der Waals surface area contributed by atoms with Crippen molar-refractivity contribution in [2.24, 2.45) is 0 Å². The molecule has 0 spiro atoms. The molecule has 142 valence electrons. The first-order chi connectivity index (χ1) is 13.5. The van der Waals surface area contributed by atoms with Crippen molar-refractivity contribution in [2.75, 3.05) is 0 Å². The van der Waals surface area contributed by atoms with Crippen LogP contribution >= 0.6 is 0 Å². The fraction of sp³-hybridized carbons (Fsp3) is 0.182. The van der Waals surface area contributed by atoms with Crippen molar-refractivity contribution in [1.29, 1.82) is 0 Å². The topological polar surface area (TPSA) is 51.1 Å². The molecule has 0 unspecified atom stereocenters. The van der Waals surface area contributed by atoms with Crippen molar-refractivity contribution in [3.63, 3.8) is 0 Å². The number of carbonyl (C=O) groups is 2. The van der Waals surface area contributed by atoms with E-state index in [4.69, 9.17) is 0 Å². The van der Waals surface area contributed by atoms with Gasteiger partial charge >= 0.3 is 0 Å². The van der Waals surface area contributed by atoms with E-state index in [0.29, 0.717) is 24.2 Å². The maximum Gasteiger partial charge on any atom is 0.229 e. The number of ketones is 1. The van der Waals surface area contributed by atoms with Gasteiger partial charge in [0.25, 0.3) is 0 Å². The molecule has 0 saturated heterocycles. The summed E-state index contributed by atoms with van der Waals surface area (Å²) in [6, 6.07) is 15.8. The van der Waals surface area contributed by atoms with Crippen LogP contribution in [0.3, 0.4) is 0 Å². The largest absolute Gasteiger partial charge is 0.351 e. The lowest BCUT2D eigenvalue weighted by atomic mass is 10.0. The molecule has 2 heterocycles. The number of hydrogen-bond donors (Lipinski definition) is 1. The standard InChI is InChI=1S/C22H18F2N2O2/c23-16-7-6-15(18(24)12-16)13-25-22(28)17-10-11-26-19(17)8-9-20(26)21(27)14-4-2-1-3-5-14/h1-9,12,17H,10-11,13H2,(H,25,28)/t17-/m1/s1. The van der Waals surface area contributed by atoms with Gasteiger partial charge in [-0.1, -0.05) is 36.4 Å². The molecule has 1 aliphatic rings. The quantitative estimate of drug-likeness (QED) is 0.685. The van der Waals surface area contributed by atoms with Gasteiger partial charge in [0.05, 0.1) is 11.6 Å². The van der Waals surface area contributed by atoms with Gasteiger partial charge in [0.1, 0.15) is 11.6 Å². The van der Waals surface area contributed by atoms with E-state index in [1.54, 1.807) is 24.3 Å². The third kappa shape index (κ3) is 3.33. The zero-order chi connectivity index (χ0) is 19.7. The van der Waals surface area contributed by atoms with Crippen LogP contribution in [-0.2, 0) is 17.9 Å². The van der Waals surface area contributed by atoms with Crippen LogP contribution in [0.1, 0.15) is 39.6 Å². The van der Waals surface area contributed by atoms with Gasteiger partial charge in [0.2, 0.25) is 11.7 Å². The Morgan fingerprint density at radius 2 is 1.82 bits per heavy atom. The Labute approximate surface area is 160 Å². The van der Waals surface area contributed by atoms with Crippen molar-refractivity contribution in [1.82, 2.24) is 9.88 Å². The molecule has 2 aromatic carbocycles. The molecule has 3 aromatic rings. The molecule has 1 amide bonds. The van der Waals surface area contributed by atoms with Gasteiger partial charge in [-0.3, -0.25) is 9.59 Å². The van der Waals surface area contributed by atoms with Crippen LogP contribution in [0, 0.1) is 11.6 Å². The number of nitrogens with one attached hydrogen (secondary N) is 1. The smallest absolute Gasteiger partial charge is 0.229 e. The fourth-order valence-corrected chi connectivity index (χ4v) is 3.61. The van der Waals surface area contributed by atoms with Gasteiger partial charge < -0.3 is 9.88 Å². The van der Waals surface area contributed by atoms with E-state index in [-0.39, 0.29) is 23.8 Å². The average Bonchev–Trinajstić information content (AvgIpc) is 3.29. The molecule has 1 aromatic heterocycles. The van der Waals surface area contributed by atoms with Crippen LogP contribution in [0.5, 0.6) is 0 Å². The number of amides is 1. The second-order valence-electron chi connectivity index (χ2n) is 6.79. The Hall–Kier alpha value is -3.28. The fourth-order valence-electron chi connectivity index (χ4n) is 3.61. The molecular formula is C22H18F2N2O2. The number of nitrogens with zero attached hydrogens (tertiary/aromatic N) is 1. The maximum atomic E-state index is 13.7. The van der Waals surface area contributed by atoms with E-state index in [1.165, 1.54) is 6.07 Å². The molecule has 0 saturated carbocycles. The van der Waals surface area contributed by atoms with Crippen molar-refractivity contribution < 1.29 is 18.4 Å². The summed E-state index contributed by atoms with van der Waals surface area (Å²) < 4.78 is 28.6. The number of benzene rings is 2. The van der Waals surface area contributed by atoms with Crippen molar-refractivity contribution in [3.05, 3.63) is 94.8 Å². The van der Waals surface area contributed by atoms with E-state index in [1.807, 2.05) is 22.8 Å². The minimum absolute atomic E-state index is 0.0159. The van der Waals surface area contributed by atoms with E-state index in [0.717, 1.165) is 17.8 Å². The summed E-state index contributed by atoms with van der Waals surface area (Å²) in [5.41, 5.74) is 2.16. The second kappa shape index (κ2) is 7.38. The molecule has 1 N–H and O–H groups in total. The molecule has 4 rings (SSSR count). The third-order valence-electron chi connectivity index (χ3n) is 5.07. The second-order valence-corrected chi connectivity index (χ2v) is 6.79. The lowest BCUT2D eigenvalue weighted by molar-refractivity contribution is -0.122. The summed E-state index contributed by atoms with van der Waals surface area (Å²) in [5.74, 6) is -2.07.